The molecule has 10 nitrogen and oxygen atoms in total. The molecule has 20 aromatic rings. The highest BCUT2D eigenvalue weighted by Gasteiger charge is 2.18. The van der Waals surface area contributed by atoms with Gasteiger partial charge in [0, 0.05) is 113 Å². The van der Waals surface area contributed by atoms with Crippen molar-refractivity contribution in [2.75, 3.05) is 0 Å². The van der Waals surface area contributed by atoms with Crippen molar-refractivity contribution < 1.29 is 0 Å². The summed E-state index contributed by atoms with van der Waals surface area (Å²) < 4.78 is 11.3. The van der Waals surface area contributed by atoms with E-state index >= 15 is 0 Å². The molecular formula is C90H70N10. The molecule has 0 saturated carbocycles. The van der Waals surface area contributed by atoms with Crippen molar-refractivity contribution in [2.24, 2.45) is 0 Å². The standard InChI is InChI=1S/5C18H14N2/c1-13-7-5-10-15-16-11-6-12-19-18(16)20(17(13)15)14-8-3-2-4-9-14;1-13-11-16-15-9-5-6-10-17(15)20(18(16)12-19-13)14-7-3-2-4-8-14;1-13-18-16(11-12-19-13)15-9-5-6-10-17(15)20(18)14-7-3-2-4-8-14;1-13-9-10-15-16-8-5-11-19-18(16)20(17(15)12-13)14-6-3-2-4-7-14;1-13-9-10-17-16(12-13)15-8-5-11-19-18(15)20(17)14-6-3-2-4-7-14/h5*2-12H,1H3. The largest absolute Gasteiger partial charge is 0.308 e. The molecule has 0 saturated heterocycles. The van der Waals surface area contributed by atoms with Crippen LogP contribution in [-0.4, -0.2) is 47.8 Å². The Bertz CT molecular complexity index is 5980. The van der Waals surface area contributed by atoms with Crippen LogP contribution in [0.1, 0.15) is 28.1 Å². The molecule has 0 N–H and O–H groups in total. The van der Waals surface area contributed by atoms with E-state index in [1.165, 1.54) is 115 Å². The lowest BCUT2D eigenvalue weighted by Crippen LogP contribution is -1.95. The van der Waals surface area contributed by atoms with E-state index in [0.717, 1.165) is 50.9 Å². The fourth-order valence-corrected chi connectivity index (χ4v) is 14.2. The first-order valence-electron chi connectivity index (χ1n) is 33.8. The van der Waals surface area contributed by atoms with Gasteiger partial charge in [0.1, 0.15) is 16.9 Å². The van der Waals surface area contributed by atoms with Crippen LogP contribution in [0.15, 0.2) is 334 Å². The Labute approximate surface area is 579 Å². The first-order valence-corrected chi connectivity index (χ1v) is 33.8. The maximum absolute atomic E-state index is 4.60. The number of hydrogen-bond acceptors (Lipinski definition) is 5. The van der Waals surface area contributed by atoms with Crippen LogP contribution in [0, 0.1) is 34.6 Å². The van der Waals surface area contributed by atoms with Gasteiger partial charge < -0.3 is 9.13 Å². The van der Waals surface area contributed by atoms with E-state index in [1.54, 1.807) is 0 Å². The third-order valence-electron chi connectivity index (χ3n) is 18.6. The second kappa shape index (κ2) is 26.9. The Morgan fingerprint density at radius 1 is 0.220 bits per heavy atom. The van der Waals surface area contributed by atoms with E-state index in [2.05, 4.69) is 330 Å². The lowest BCUT2D eigenvalue weighted by atomic mass is 10.1. The molecule has 10 heteroatoms. The molecule has 0 unspecified atom stereocenters. The summed E-state index contributed by atoms with van der Waals surface area (Å²) in [6.45, 7) is 10.5. The topological polar surface area (TPSA) is 89.1 Å². The van der Waals surface area contributed by atoms with E-state index in [-0.39, 0.29) is 0 Å². The van der Waals surface area contributed by atoms with Gasteiger partial charge in [0.15, 0.2) is 0 Å². The van der Waals surface area contributed by atoms with Crippen LogP contribution in [0.3, 0.4) is 0 Å². The van der Waals surface area contributed by atoms with Gasteiger partial charge in [-0.25, -0.2) is 15.0 Å². The molecule has 100 heavy (non-hydrogen) atoms. The maximum atomic E-state index is 4.60. The van der Waals surface area contributed by atoms with Crippen molar-refractivity contribution in [3.05, 3.63) is 362 Å². The average Bonchev–Trinajstić information content (AvgIpc) is 1.63. The second-order valence-electron chi connectivity index (χ2n) is 25.2. The molecule has 480 valence electrons. The predicted molar refractivity (Wildman–Crippen MR) is 417 cm³/mol. The van der Waals surface area contributed by atoms with Crippen molar-refractivity contribution >= 4 is 109 Å². The zero-order chi connectivity index (χ0) is 67.6. The van der Waals surface area contributed by atoms with E-state index in [0.29, 0.717) is 0 Å². The predicted octanol–water partition coefficient (Wildman–Crippen LogP) is 22.4. The molecule has 20 rings (SSSR count). The van der Waals surface area contributed by atoms with Gasteiger partial charge in [-0.05, 0) is 185 Å². The van der Waals surface area contributed by atoms with Gasteiger partial charge in [-0.1, -0.05) is 169 Å². The Kier molecular flexibility index (Phi) is 16.6. The lowest BCUT2D eigenvalue weighted by molar-refractivity contribution is 1.13. The normalized spacial score (nSPS) is 11.2. The number of fused-ring (bicyclic) bond motifs is 15. The first-order chi connectivity index (χ1) is 49.3. The number of pyridine rings is 5. The van der Waals surface area contributed by atoms with Gasteiger partial charge in [-0.15, -0.1) is 0 Å². The summed E-state index contributed by atoms with van der Waals surface area (Å²) >= 11 is 0. The van der Waals surface area contributed by atoms with Crippen LogP contribution in [0.25, 0.3) is 138 Å². The first kappa shape index (κ1) is 61.8. The quantitative estimate of drug-likeness (QED) is 0.171. The third-order valence-corrected chi connectivity index (χ3v) is 18.6. The summed E-state index contributed by atoms with van der Waals surface area (Å²) in [7, 11) is 0. The minimum Gasteiger partial charge on any atom is -0.308 e. The van der Waals surface area contributed by atoms with Crippen LogP contribution in [0.5, 0.6) is 0 Å². The molecule has 0 aliphatic rings. The summed E-state index contributed by atoms with van der Waals surface area (Å²) in [5.74, 6) is 0. The van der Waals surface area contributed by atoms with Crippen LogP contribution in [0.4, 0.5) is 0 Å². The van der Waals surface area contributed by atoms with Crippen LogP contribution >= 0.6 is 0 Å². The second-order valence-corrected chi connectivity index (χ2v) is 25.2. The average molecular weight is 1290 g/mol. The van der Waals surface area contributed by atoms with Crippen molar-refractivity contribution in [2.45, 2.75) is 34.6 Å². The molecule has 0 bridgehead atoms. The Morgan fingerprint density at radius 3 is 1.21 bits per heavy atom. The Balaban J connectivity index is 0.0000000972. The van der Waals surface area contributed by atoms with Crippen LogP contribution in [-0.2, 0) is 0 Å². The van der Waals surface area contributed by atoms with E-state index < -0.39 is 0 Å². The molecule has 0 fully saturated rings. The Morgan fingerprint density at radius 2 is 0.620 bits per heavy atom. The van der Waals surface area contributed by atoms with Gasteiger partial charge in [-0.2, -0.15) is 0 Å². The van der Waals surface area contributed by atoms with Crippen LogP contribution in [0.2, 0.25) is 0 Å². The summed E-state index contributed by atoms with van der Waals surface area (Å²) in [5, 5.41) is 12.5. The molecule has 0 amide bonds. The van der Waals surface area contributed by atoms with Gasteiger partial charge in [-0.3, -0.25) is 23.7 Å². The summed E-state index contributed by atoms with van der Waals surface area (Å²) in [6, 6.07) is 105. The third kappa shape index (κ3) is 11.4. The fourth-order valence-electron chi connectivity index (χ4n) is 14.2. The van der Waals surface area contributed by atoms with Gasteiger partial charge >= 0.3 is 0 Å². The molecule has 0 radical (unpaired) electrons. The zero-order valence-corrected chi connectivity index (χ0v) is 56.2. The number of rotatable bonds is 5. The maximum Gasteiger partial charge on any atom is 0.145 e. The van der Waals surface area contributed by atoms with Gasteiger partial charge in [0.25, 0.3) is 0 Å². The molecular weight excluding hydrogens is 1220 g/mol. The zero-order valence-electron chi connectivity index (χ0n) is 56.2. The smallest absolute Gasteiger partial charge is 0.145 e. The number of hydrogen-bond donors (Lipinski definition) is 0. The minimum atomic E-state index is 1.01. The Hall–Kier alpha value is -13.1. The lowest BCUT2D eigenvalue weighted by Gasteiger charge is -2.08. The number of para-hydroxylation sites is 8. The van der Waals surface area contributed by atoms with Crippen molar-refractivity contribution in [1.29, 1.82) is 0 Å². The van der Waals surface area contributed by atoms with E-state index in [1.807, 2.05) is 86.4 Å². The molecule has 0 spiro atoms. The van der Waals surface area contributed by atoms with Crippen LogP contribution < -0.4 is 0 Å². The summed E-state index contributed by atoms with van der Waals surface area (Å²) in [6.07, 6.45) is 9.42. The number of aromatic nitrogens is 10. The molecule has 0 aliphatic carbocycles. The molecule has 0 aliphatic heterocycles. The fraction of sp³-hybridized carbons (Fsp3) is 0.0556. The summed E-state index contributed by atoms with van der Waals surface area (Å²) in [4.78, 5) is 22.7. The number of nitrogens with zero attached hydrogens (tertiary/aromatic N) is 10. The molecule has 10 heterocycles. The number of benzene rings is 10. The molecule has 10 aromatic carbocycles. The monoisotopic (exact) mass is 1290 g/mol. The van der Waals surface area contributed by atoms with Gasteiger partial charge in [0.2, 0.25) is 0 Å². The number of aryl methyl sites for hydroxylation is 5. The van der Waals surface area contributed by atoms with Gasteiger partial charge in [0.05, 0.1) is 50.5 Å². The van der Waals surface area contributed by atoms with Crippen molar-refractivity contribution in [3.63, 3.8) is 0 Å². The highest BCUT2D eigenvalue weighted by molar-refractivity contribution is 6.12. The highest BCUT2D eigenvalue weighted by Crippen LogP contribution is 2.37. The van der Waals surface area contributed by atoms with E-state index in [4.69, 9.17) is 0 Å². The SMILES string of the molecule is Cc1cc2c3ccccc3n(-c3ccccc3)c2cn1.Cc1ccc2c(c1)c1cccnc1n2-c1ccccc1.Cc1ccc2c3cccnc3n(-c3ccccc3)c2c1.Cc1cccc2c3cccnc3n(-c3ccccc3)c12.Cc1nccc2c3ccccc3n(-c3ccccc3)c12. The minimum absolute atomic E-state index is 1.01. The van der Waals surface area contributed by atoms with Crippen molar-refractivity contribution in [3.8, 4) is 28.4 Å². The van der Waals surface area contributed by atoms with E-state index in [9.17, 15) is 0 Å². The summed E-state index contributed by atoms with van der Waals surface area (Å²) in [5.41, 5.74) is 23.2. The highest BCUT2D eigenvalue weighted by atomic mass is 15.1. The molecule has 10 aromatic heterocycles. The molecule has 0 atom stereocenters. The van der Waals surface area contributed by atoms with Crippen molar-refractivity contribution in [1.82, 2.24) is 47.8 Å².